The maximum atomic E-state index is 12.5. The van der Waals surface area contributed by atoms with Gasteiger partial charge < -0.3 is 10.2 Å². The second-order valence-electron chi connectivity index (χ2n) is 6.35. The van der Waals surface area contributed by atoms with Gasteiger partial charge in [-0.25, -0.2) is 9.97 Å². The molecule has 1 unspecified atom stereocenters. The van der Waals surface area contributed by atoms with Gasteiger partial charge in [-0.1, -0.05) is 22.9 Å². The second-order valence-corrected chi connectivity index (χ2v) is 7.26. The monoisotopic (exact) mass is 388 g/mol. The van der Waals surface area contributed by atoms with Crippen molar-refractivity contribution in [1.29, 1.82) is 0 Å². The first-order valence-electron chi connectivity index (χ1n) is 8.19. The fourth-order valence-electron chi connectivity index (χ4n) is 2.91. The normalized spacial score (nSPS) is 17.6. The number of benzene rings is 1. The van der Waals surface area contributed by atoms with Crippen molar-refractivity contribution in [2.75, 3.05) is 23.3 Å². The molecule has 0 bridgehead atoms. The van der Waals surface area contributed by atoms with Crippen LogP contribution >= 0.6 is 15.9 Å². The number of hydrogen-bond donors (Lipinski definition) is 1. The van der Waals surface area contributed by atoms with E-state index in [2.05, 4.69) is 43.0 Å². The lowest BCUT2D eigenvalue weighted by Crippen LogP contribution is -2.36. The van der Waals surface area contributed by atoms with Crippen molar-refractivity contribution in [3.05, 3.63) is 46.2 Å². The lowest BCUT2D eigenvalue weighted by molar-refractivity contribution is 0.102. The van der Waals surface area contributed by atoms with Crippen LogP contribution < -0.4 is 10.2 Å². The lowest BCUT2D eigenvalue weighted by atomic mass is 10.0. The highest BCUT2D eigenvalue weighted by atomic mass is 79.9. The van der Waals surface area contributed by atoms with E-state index in [0.717, 1.165) is 35.4 Å². The molecule has 1 atom stereocenters. The van der Waals surface area contributed by atoms with Crippen molar-refractivity contribution in [3.8, 4) is 0 Å². The van der Waals surface area contributed by atoms with Gasteiger partial charge >= 0.3 is 0 Å². The molecule has 6 heteroatoms. The molecule has 0 radical (unpaired) electrons. The van der Waals surface area contributed by atoms with Crippen LogP contribution in [0.4, 0.5) is 11.6 Å². The SMILES string of the molecule is Cc1cc(C(=O)Nc2ccc(Br)cc2)nc(N2CCCC(C)C2)n1. The third-order valence-electron chi connectivity index (χ3n) is 4.12. The van der Waals surface area contributed by atoms with E-state index < -0.39 is 0 Å². The van der Waals surface area contributed by atoms with Crippen molar-refractivity contribution in [1.82, 2.24) is 9.97 Å². The molecule has 1 aromatic carbocycles. The number of carbonyl (C=O) groups is 1. The van der Waals surface area contributed by atoms with Crippen LogP contribution in [0, 0.1) is 12.8 Å². The van der Waals surface area contributed by atoms with Crippen molar-refractivity contribution in [3.63, 3.8) is 0 Å². The van der Waals surface area contributed by atoms with Gasteiger partial charge in [0.05, 0.1) is 0 Å². The quantitative estimate of drug-likeness (QED) is 0.861. The third kappa shape index (κ3) is 4.12. The fourth-order valence-corrected chi connectivity index (χ4v) is 3.17. The number of piperidine rings is 1. The topological polar surface area (TPSA) is 58.1 Å². The van der Waals surface area contributed by atoms with Crippen molar-refractivity contribution in [2.24, 2.45) is 5.92 Å². The summed E-state index contributed by atoms with van der Waals surface area (Å²) in [5.41, 5.74) is 1.95. The van der Waals surface area contributed by atoms with Crippen LogP contribution in [0.3, 0.4) is 0 Å². The number of rotatable bonds is 3. The summed E-state index contributed by atoms with van der Waals surface area (Å²) in [6.07, 6.45) is 2.37. The van der Waals surface area contributed by atoms with Crippen molar-refractivity contribution >= 4 is 33.5 Å². The Kier molecular flexibility index (Phi) is 5.14. The molecule has 1 fully saturated rings. The molecule has 1 aromatic heterocycles. The summed E-state index contributed by atoms with van der Waals surface area (Å²) < 4.78 is 0.972. The van der Waals surface area contributed by atoms with E-state index in [-0.39, 0.29) is 5.91 Å². The zero-order valence-electron chi connectivity index (χ0n) is 13.9. The van der Waals surface area contributed by atoms with Crippen LogP contribution in [0.2, 0.25) is 0 Å². The molecule has 1 aliphatic heterocycles. The molecule has 0 aliphatic carbocycles. The summed E-state index contributed by atoms with van der Waals surface area (Å²) in [6.45, 7) is 6.02. The van der Waals surface area contributed by atoms with Gasteiger partial charge in [-0.3, -0.25) is 4.79 Å². The van der Waals surface area contributed by atoms with E-state index in [9.17, 15) is 4.79 Å². The average Bonchev–Trinajstić information content (AvgIpc) is 2.56. The number of anilines is 2. The van der Waals surface area contributed by atoms with E-state index in [1.165, 1.54) is 6.42 Å². The van der Waals surface area contributed by atoms with Gasteiger partial charge in [0.15, 0.2) is 0 Å². The number of carbonyl (C=O) groups excluding carboxylic acids is 1. The first-order chi connectivity index (χ1) is 11.5. The standard InChI is InChI=1S/C18H21BrN4O/c1-12-4-3-9-23(11-12)18-20-13(2)10-16(22-18)17(24)21-15-7-5-14(19)6-8-15/h5-8,10,12H,3-4,9,11H2,1-2H3,(H,21,24). The minimum Gasteiger partial charge on any atom is -0.341 e. The third-order valence-corrected chi connectivity index (χ3v) is 4.65. The Morgan fingerprint density at radius 3 is 2.75 bits per heavy atom. The minimum atomic E-state index is -0.214. The van der Waals surface area contributed by atoms with Gasteiger partial charge in [-0.2, -0.15) is 0 Å². The number of aromatic nitrogens is 2. The first kappa shape index (κ1) is 16.9. The molecular weight excluding hydrogens is 368 g/mol. The highest BCUT2D eigenvalue weighted by molar-refractivity contribution is 9.10. The van der Waals surface area contributed by atoms with Crippen molar-refractivity contribution in [2.45, 2.75) is 26.7 Å². The van der Waals surface area contributed by atoms with E-state index in [1.54, 1.807) is 6.07 Å². The highest BCUT2D eigenvalue weighted by Crippen LogP contribution is 2.21. The zero-order valence-corrected chi connectivity index (χ0v) is 15.5. The number of aryl methyl sites for hydroxylation is 1. The number of nitrogens with one attached hydrogen (secondary N) is 1. The van der Waals surface area contributed by atoms with Gasteiger partial charge in [-0.05, 0) is 56.0 Å². The van der Waals surface area contributed by atoms with Gasteiger partial charge in [0, 0.05) is 28.9 Å². The van der Waals surface area contributed by atoms with E-state index in [4.69, 9.17) is 0 Å². The number of halogens is 1. The van der Waals surface area contributed by atoms with Crippen LogP contribution in [0.5, 0.6) is 0 Å². The summed E-state index contributed by atoms with van der Waals surface area (Å²) in [7, 11) is 0. The Labute approximate surface area is 150 Å². The average molecular weight is 389 g/mol. The Morgan fingerprint density at radius 2 is 2.04 bits per heavy atom. The molecule has 3 rings (SSSR count). The van der Waals surface area contributed by atoms with Crippen LogP contribution in [-0.2, 0) is 0 Å². The summed E-state index contributed by atoms with van der Waals surface area (Å²) >= 11 is 3.39. The van der Waals surface area contributed by atoms with Gasteiger partial charge in [-0.15, -0.1) is 0 Å². The van der Waals surface area contributed by atoms with Crippen LogP contribution in [0.25, 0.3) is 0 Å². The molecular formula is C18H21BrN4O. The lowest BCUT2D eigenvalue weighted by Gasteiger charge is -2.31. The molecule has 0 saturated carbocycles. The molecule has 2 heterocycles. The second kappa shape index (κ2) is 7.30. The van der Waals surface area contributed by atoms with Gasteiger partial charge in [0.2, 0.25) is 5.95 Å². The molecule has 126 valence electrons. The number of nitrogens with zero attached hydrogens (tertiary/aromatic N) is 3. The Hall–Kier alpha value is -1.95. The largest absolute Gasteiger partial charge is 0.341 e. The smallest absolute Gasteiger partial charge is 0.274 e. The molecule has 2 aromatic rings. The maximum absolute atomic E-state index is 12.5. The molecule has 1 amide bonds. The van der Waals surface area contributed by atoms with E-state index in [1.807, 2.05) is 31.2 Å². The Bertz CT molecular complexity index is 732. The molecule has 1 aliphatic rings. The number of hydrogen-bond acceptors (Lipinski definition) is 4. The summed E-state index contributed by atoms with van der Waals surface area (Å²) in [5, 5.41) is 2.88. The Morgan fingerprint density at radius 1 is 1.29 bits per heavy atom. The summed E-state index contributed by atoms with van der Waals surface area (Å²) in [4.78, 5) is 23.7. The molecule has 24 heavy (non-hydrogen) atoms. The Balaban J connectivity index is 1.79. The van der Waals surface area contributed by atoms with Crippen molar-refractivity contribution < 1.29 is 4.79 Å². The maximum Gasteiger partial charge on any atom is 0.274 e. The zero-order chi connectivity index (χ0) is 17.1. The predicted octanol–water partition coefficient (Wildman–Crippen LogP) is 4.04. The van der Waals surface area contributed by atoms with Gasteiger partial charge in [0.1, 0.15) is 5.69 Å². The van der Waals surface area contributed by atoms with E-state index in [0.29, 0.717) is 17.6 Å². The molecule has 0 spiro atoms. The molecule has 1 saturated heterocycles. The minimum absolute atomic E-state index is 0.214. The van der Waals surface area contributed by atoms with Crippen LogP contribution in [0.15, 0.2) is 34.8 Å². The van der Waals surface area contributed by atoms with Crippen LogP contribution in [-0.4, -0.2) is 29.0 Å². The summed E-state index contributed by atoms with van der Waals surface area (Å²) in [6, 6.07) is 9.21. The predicted molar refractivity (Wildman–Crippen MR) is 99.5 cm³/mol. The molecule has 5 nitrogen and oxygen atoms in total. The first-order valence-corrected chi connectivity index (χ1v) is 8.98. The highest BCUT2D eigenvalue weighted by Gasteiger charge is 2.20. The van der Waals surface area contributed by atoms with Gasteiger partial charge in [0.25, 0.3) is 5.91 Å². The number of amides is 1. The van der Waals surface area contributed by atoms with Crippen LogP contribution in [0.1, 0.15) is 35.9 Å². The summed E-state index contributed by atoms with van der Waals surface area (Å²) in [5.74, 6) is 1.07. The fraction of sp³-hybridized carbons (Fsp3) is 0.389. The molecule has 1 N–H and O–H groups in total. The van der Waals surface area contributed by atoms with E-state index >= 15 is 0 Å².